The molecule has 3 nitrogen and oxygen atoms in total. The Hall–Kier alpha value is -5.89. The van der Waals surface area contributed by atoms with Gasteiger partial charge in [-0.05, 0) is 60.0 Å². The molecule has 1 heterocycles. The van der Waals surface area contributed by atoms with Gasteiger partial charge in [-0.15, -0.1) is 0 Å². The van der Waals surface area contributed by atoms with Gasteiger partial charge in [-0.3, -0.25) is 0 Å². The van der Waals surface area contributed by atoms with Crippen molar-refractivity contribution in [2.45, 2.75) is 39.3 Å². The Morgan fingerprint density at radius 3 is 1.22 bits per heavy atom. The van der Waals surface area contributed by atoms with Crippen LogP contribution < -0.4 is 20.2 Å². The minimum absolute atomic E-state index is 0.872. The number of benzene rings is 8. The first-order chi connectivity index (χ1) is 26.6. The summed E-state index contributed by atoms with van der Waals surface area (Å²) < 4.78 is 7.06. The third kappa shape index (κ3) is 6.23. The summed E-state index contributed by atoms with van der Waals surface area (Å²) >= 11 is 0. The lowest BCUT2D eigenvalue weighted by molar-refractivity contribution is 0.673. The topological polar surface area (TPSA) is 19.6 Å². The van der Waals surface area contributed by atoms with Crippen LogP contribution in [0.5, 0.6) is 0 Å². The van der Waals surface area contributed by atoms with Crippen LogP contribution in [0.15, 0.2) is 174 Å². The molecule has 0 spiro atoms. The monoisotopic (exact) mass is 746 g/mol. The Morgan fingerprint density at radius 1 is 0.364 bits per heavy atom. The predicted molar refractivity (Wildman–Crippen MR) is 244 cm³/mol. The van der Waals surface area contributed by atoms with Gasteiger partial charge in [-0.25, -0.2) is 0 Å². The van der Waals surface area contributed by atoms with E-state index in [9.17, 15) is 0 Å². The number of para-hydroxylation sites is 2. The molecule has 55 heavy (non-hydrogen) atoms. The summed E-state index contributed by atoms with van der Waals surface area (Å²) in [6.45, 7) is 14.4. The minimum Gasteiger partial charge on any atom is -0.455 e. The summed E-state index contributed by atoms with van der Waals surface area (Å²) in [5, 5.41) is 9.71. The number of anilines is 6. The Morgan fingerprint density at radius 2 is 0.745 bits per heavy atom. The van der Waals surface area contributed by atoms with Gasteiger partial charge in [0.1, 0.15) is 11.2 Å². The van der Waals surface area contributed by atoms with E-state index < -0.39 is 16.1 Å². The largest absolute Gasteiger partial charge is 0.455 e. The van der Waals surface area contributed by atoms with Crippen molar-refractivity contribution in [3.05, 3.63) is 170 Å². The Balaban J connectivity index is 1.32. The fourth-order valence-corrected chi connectivity index (χ4v) is 10.4. The molecule has 5 heteroatoms. The predicted octanol–water partition coefficient (Wildman–Crippen LogP) is 13.9. The molecule has 0 atom stereocenters. The van der Waals surface area contributed by atoms with Crippen LogP contribution in [0.25, 0.3) is 43.5 Å². The zero-order chi connectivity index (χ0) is 37.9. The molecule has 0 fully saturated rings. The average molecular weight is 747 g/mol. The molecule has 9 aromatic rings. The smallest absolute Gasteiger partial charge is 0.143 e. The molecule has 0 aliphatic carbocycles. The molecule has 0 bridgehead atoms. The number of hydrogen-bond acceptors (Lipinski definition) is 3. The van der Waals surface area contributed by atoms with Crippen molar-refractivity contribution in [1.82, 2.24) is 0 Å². The Labute approximate surface area is 326 Å². The molecule has 0 aliphatic rings. The van der Waals surface area contributed by atoms with Crippen LogP contribution in [0.3, 0.4) is 0 Å². The van der Waals surface area contributed by atoms with E-state index in [4.69, 9.17) is 4.42 Å². The van der Waals surface area contributed by atoms with Crippen LogP contribution >= 0.6 is 0 Å². The van der Waals surface area contributed by atoms with Crippen LogP contribution in [-0.4, -0.2) is 16.1 Å². The van der Waals surface area contributed by atoms with Crippen molar-refractivity contribution in [3.8, 4) is 0 Å². The van der Waals surface area contributed by atoms with E-state index in [1.54, 1.807) is 0 Å². The molecule has 8 aromatic carbocycles. The number of hydrogen-bond donors (Lipinski definition) is 0. The van der Waals surface area contributed by atoms with Crippen molar-refractivity contribution >= 4 is 104 Å². The maximum absolute atomic E-state index is 7.06. The number of nitrogens with zero attached hydrogens (tertiary/aromatic N) is 2. The molecule has 0 unspecified atom stereocenters. The molecule has 9 rings (SSSR count). The van der Waals surface area contributed by atoms with Gasteiger partial charge in [0, 0.05) is 55.7 Å². The molecule has 0 amide bonds. The maximum Gasteiger partial charge on any atom is 0.143 e. The summed E-state index contributed by atoms with van der Waals surface area (Å²) in [7, 11) is -2.95. The summed E-state index contributed by atoms with van der Waals surface area (Å²) in [6, 6.07) is 62.0. The summed E-state index contributed by atoms with van der Waals surface area (Å²) in [6.07, 6.45) is 0. The SMILES string of the molecule is C[Si](C)(C)c1ccc(N(c2ccccc2)c2cc3c(oc4cc(N(c5ccccc5)c5ccc([Si](C)(C)C)cc5)c5ccccc5c43)c3ccccc23)cc1. The van der Waals surface area contributed by atoms with Gasteiger partial charge in [-0.2, -0.15) is 0 Å². The Bertz CT molecular complexity index is 2820. The highest BCUT2D eigenvalue weighted by atomic mass is 28.3. The highest BCUT2D eigenvalue weighted by molar-refractivity contribution is 6.89. The molecule has 0 aliphatic heterocycles. The first-order valence-electron chi connectivity index (χ1n) is 19.3. The quantitative estimate of drug-likeness (QED) is 0.144. The van der Waals surface area contributed by atoms with Gasteiger partial charge in [0.05, 0.1) is 27.5 Å². The highest BCUT2D eigenvalue weighted by Crippen LogP contribution is 2.48. The maximum atomic E-state index is 7.06. The standard InChI is InChI=1S/C50H46N2OSi2/c1-54(2,3)39-29-25-37(26-30-39)51(35-17-9-7-10-18-35)46-33-45-49-43-23-15-13-21-41(43)47(34-48(49)53-50(45)44-24-16-14-22-42(44)46)52(36-19-11-8-12-20-36)38-27-31-40(32-28-38)55(4,5)6/h7-34H,1-6H3. The van der Waals surface area contributed by atoms with E-state index in [0.717, 1.165) is 66.8 Å². The molecule has 270 valence electrons. The second kappa shape index (κ2) is 13.4. The second-order valence-electron chi connectivity index (χ2n) is 16.7. The van der Waals surface area contributed by atoms with Gasteiger partial charge >= 0.3 is 0 Å². The number of rotatable bonds is 8. The fraction of sp³-hybridized carbons (Fsp3) is 0.120. The Kier molecular flexibility index (Phi) is 8.52. The zero-order valence-corrected chi connectivity index (χ0v) is 34.5. The summed E-state index contributed by atoms with van der Waals surface area (Å²) in [4.78, 5) is 4.79. The van der Waals surface area contributed by atoms with Crippen LogP contribution in [0.1, 0.15) is 0 Å². The average Bonchev–Trinajstić information content (AvgIpc) is 3.57. The molecular formula is C50H46N2OSi2. The third-order valence-electron chi connectivity index (χ3n) is 10.9. The molecule has 0 saturated carbocycles. The summed E-state index contributed by atoms with van der Waals surface area (Å²) in [5.41, 5.74) is 8.48. The van der Waals surface area contributed by atoms with E-state index >= 15 is 0 Å². The van der Waals surface area contributed by atoms with E-state index in [2.05, 4.69) is 219 Å². The van der Waals surface area contributed by atoms with Crippen molar-refractivity contribution in [2.75, 3.05) is 9.80 Å². The fourth-order valence-electron chi connectivity index (χ4n) is 8.02. The van der Waals surface area contributed by atoms with Gasteiger partial charge in [-0.1, -0.05) is 159 Å². The van der Waals surface area contributed by atoms with Crippen LogP contribution in [-0.2, 0) is 0 Å². The first-order valence-corrected chi connectivity index (χ1v) is 26.3. The van der Waals surface area contributed by atoms with Crippen molar-refractivity contribution in [3.63, 3.8) is 0 Å². The van der Waals surface area contributed by atoms with E-state index in [1.165, 1.54) is 21.1 Å². The van der Waals surface area contributed by atoms with Crippen LogP contribution in [0.2, 0.25) is 39.3 Å². The normalized spacial score (nSPS) is 12.2. The molecule has 1 aromatic heterocycles. The second-order valence-corrected chi connectivity index (χ2v) is 26.8. The zero-order valence-electron chi connectivity index (χ0n) is 32.5. The van der Waals surface area contributed by atoms with E-state index in [-0.39, 0.29) is 0 Å². The molecular weight excluding hydrogens is 701 g/mol. The molecule has 0 saturated heterocycles. The molecule has 0 radical (unpaired) electrons. The van der Waals surface area contributed by atoms with Crippen molar-refractivity contribution < 1.29 is 4.42 Å². The van der Waals surface area contributed by atoms with Crippen LogP contribution in [0, 0.1) is 0 Å². The minimum atomic E-state index is -1.48. The van der Waals surface area contributed by atoms with Gasteiger partial charge in [0.2, 0.25) is 0 Å². The first kappa shape index (κ1) is 34.9. The number of fused-ring (bicyclic) bond motifs is 7. The van der Waals surface area contributed by atoms with E-state index in [0.29, 0.717) is 0 Å². The van der Waals surface area contributed by atoms with Gasteiger partial charge in [0.15, 0.2) is 0 Å². The highest BCUT2D eigenvalue weighted by Gasteiger charge is 2.25. The molecule has 0 N–H and O–H groups in total. The van der Waals surface area contributed by atoms with Crippen molar-refractivity contribution in [2.24, 2.45) is 0 Å². The van der Waals surface area contributed by atoms with Crippen LogP contribution in [0.4, 0.5) is 34.1 Å². The lowest BCUT2D eigenvalue weighted by Crippen LogP contribution is -2.37. The van der Waals surface area contributed by atoms with Crippen molar-refractivity contribution in [1.29, 1.82) is 0 Å². The summed E-state index contributed by atoms with van der Waals surface area (Å²) in [5.74, 6) is 0. The van der Waals surface area contributed by atoms with E-state index in [1.807, 2.05) is 0 Å². The lowest BCUT2D eigenvalue weighted by Gasteiger charge is -2.28. The third-order valence-corrected chi connectivity index (χ3v) is 15.1. The van der Waals surface area contributed by atoms with Gasteiger partial charge in [0.25, 0.3) is 0 Å². The van der Waals surface area contributed by atoms with Gasteiger partial charge < -0.3 is 14.2 Å². The number of furan rings is 1. The lowest BCUT2D eigenvalue weighted by atomic mass is 9.98.